The van der Waals surface area contributed by atoms with Gasteiger partial charge in [0.2, 0.25) is 0 Å². The number of hydrogen-bond donors (Lipinski definition) is 3. The van der Waals surface area contributed by atoms with Crippen molar-refractivity contribution in [3.63, 3.8) is 0 Å². The summed E-state index contributed by atoms with van der Waals surface area (Å²) in [5, 5.41) is 19.7. The molecule has 1 rings (SSSR count). The van der Waals surface area contributed by atoms with Gasteiger partial charge in [-0.15, -0.1) is 0 Å². The van der Waals surface area contributed by atoms with Crippen molar-refractivity contribution in [1.29, 1.82) is 0 Å². The smallest absolute Gasteiger partial charge is 0.407 e. The molecule has 0 aromatic heterocycles. The Morgan fingerprint density at radius 1 is 1.62 bits per heavy atom. The third-order valence-corrected chi connectivity index (χ3v) is 2.02. The molecule has 0 aliphatic heterocycles. The first-order valence-electron chi connectivity index (χ1n) is 4.45. The SMILES string of the molecule is O=C(NCC(O)CO)OC1CCC1. The predicted molar refractivity (Wildman–Crippen MR) is 45.2 cm³/mol. The van der Waals surface area contributed by atoms with E-state index >= 15 is 0 Å². The van der Waals surface area contributed by atoms with Gasteiger partial charge in [-0.25, -0.2) is 4.79 Å². The molecule has 1 unspecified atom stereocenters. The Labute approximate surface area is 76.7 Å². The number of rotatable bonds is 4. The minimum atomic E-state index is -0.908. The highest BCUT2D eigenvalue weighted by molar-refractivity contribution is 5.67. The number of ether oxygens (including phenoxy) is 1. The van der Waals surface area contributed by atoms with E-state index in [2.05, 4.69) is 5.32 Å². The van der Waals surface area contributed by atoms with E-state index in [0.29, 0.717) is 0 Å². The number of nitrogens with one attached hydrogen (secondary N) is 1. The monoisotopic (exact) mass is 189 g/mol. The molecule has 1 saturated carbocycles. The fourth-order valence-corrected chi connectivity index (χ4v) is 0.947. The van der Waals surface area contributed by atoms with Crippen LogP contribution in [0.3, 0.4) is 0 Å². The molecule has 5 heteroatoms. The van der Waals surface area contributed by atoms with Crippen LogP contribution in [-0.2, 0) is 4.74 Å². The Morgan fingerprint density at radius 2 is 2.31 bits per heavy atom. The van der Waals surface area contributed by atoms with Gasteiger partial charge < -0.3 is 20.3 Å². The van der Waals surface area contributed by atoms with E-state index in [-0.39, 0.29) is 19.3 Å². The number of hydrogen-bond acceptors (Lipinski definition) is 4. The average molecular weight is 189 g/mol. The lowest BCUT2D eigenvalue weighted by Crippen LogP contribution is -2.37. The molecule has 0 aromatic carbocycles. The quantitative estimate of drug-likeness (QED) is 0.563. The van der Waals surface area contributed by atoms with Crippen LogP contribution in [0.5, 0.6) is 0 Å². The van der Waals surface area contributed by atoms with Gasteiger partial charge in [-0.3, -0.25) is 0 Å². The van der Waals surface area contributed by atoms with Crippen LogP contribution in [0, 0.1) is 0 Å². The summed E-state index contributed by atoms with van der Waals surface area (Å²) in [6.07, 6.45) is 1.58. The fourth-order valence-electron chi connectivity index (χ4n) is 0.947. The molecule has 13 heavy (non-hydrogen) atoms. The summed E-state index contributed by atoms with van der Waals surface area (Å²) >= 11 is 0. The molecule has 76 valence electrons. The number of alkyl carbamates (subject to hydrolysis) is 1. The molecule has 0 bridgehead atoms. The van der Waals surface area contributed by atoms with Crippen molar-refractivity contribution in [1.82, 2.24) is 5.32 Å². The molecule has 0 spiro atoms. The second-order valence-corrected chi connectivity index (χ2v) is 3.18. The minimum Gasteiger partial charge on any atom is -0.446 e. The molecule has 1 atom stereocenters. The van der Waals surface area contributed by atoms with E-state index in [4.69, 9.17) is 14.9 Å². The average Bonchev–Trinajstić information content (AvgIpc) is 2.07. The molecule has 1 aliphatic rings. The summed E-state index contributed by atoms with van der Waals surface area (Å²) in [7, 11) is 0. The molecule has 0 heterocycles. The standard InChI is InChI=1S/C8H15NO4/c10-5-6(11)4-9-8(12)13-7-2-1-3-7/h6-7,10-11H,1-5H2,(H,9,12). The Balaban J connectivity index is 2.03. The summed E-state index contributed by atoms with van der Waals surface area (Å²) in [5.74, 6) is 0. The lowest BCUT2D eigenvalue weighted by atomic mass is 9.96. The second kappa shape index (κ2) is 5.04. The zero-order valence-corrected chi connectivity index (χ0v) is 7.40. The fraction of sp³-hybridized carbons (Fsp3) is 0.875. The number of aliphatic hydroxyl groups is 2. The van der Waals surface area contributed by atoms with Crippen molar-refractivity contribution >= 4 is 6.09 Å². The van der Waals surface area contributed by atoms with Gasteiger partial charge in [0, 0.05) is 6.54 Å². The molecule has 1 amide bonds. The van der Waals surface area contributed by atoms with Crippen molar-refractivity contribution in [2.75, 3.05) is 13.2 Å². The van der Waals surface area contributed by atoms with Gasteiger partial charge in [0.15, 0.2) is 0 Å². The highest BCUT2D eigenvalue weighted by Crippen LogP contribution is 2.21. The van der Waals surface area contributed by atoms with Crippen molar-refractivity contribution in [2.45, 2.75) is 31.5 Å². The van der Waals surface area contributed by atoms with Gasteiger partial charge >= 0.3 is 6.09 Å². The summed E-state index contributed by atoms with van der Waals surface area (Å²) in [6, 6.07) is 0. The third kappa shape index (κ3) is 3.61. The third-order valence-electron chi connectivity index (χ3n) is 2.02. The molecule has 0 radical (unpaired) electrons. The maximum atomic E-state index is 10.9. The first kappa shape index (κ1) is 10.3. The van der Waals surface area contributed by atoms with Crippen LogP contribution in [0.1, 0.15) is 19.3 Å². The molecule has 3 N–H and O–H groups in total. The number of carbonyl (C=O) groups is 1. The topological polar surface area (TPSA) is 78.8 Å². The number of carbonyl (C=O) groups excluding carboxylic acids is 1. The highest BCUT2D eigenvalue weighted by Gasteiger charge is 2.21. The lowest BCUT2D eigenvalue weighted by Gasteiger charge is -2.25. The van der Waals surface area contributed by atoms with Gasteiger partial charge in [-0.05, 0) is 19.3 Å². The Hall–Kier alpha value is -0.810. The molecular formula is C8H15NO4. The van der Waals surface area contributed by atoms with Crippen LogP contribution in [-0.4, -0.2) is 41.7 Å². The molecular weight excluding hydrogens is 174 g/mol. The van der Waals surface area contributed by atoms with Crippen molar-refractivity contribution < 1.29 is 19.7 Å². The van der Waals surface area contributed by atoms with Crippen LogP contribution in [0.4, 0.5) is 4.79 Å². The Bertz CT molecular complexity index is 170. The van der Waals surface area contributed by atoms with Crippen LogP contribution in [0.25, 0.3) is 0 Å². The first-order valence-corrected chi connectivity index (χ1v) is 4.45. The van der Waals surface area contributed by atoms with E-state index in [1.54, 1.807) is 0 Å². The summed E-state index contributed by atoms with van der Waals surface area (Å²) in [5.41, 5.74) is 0. The summed E-state index contributed by atoms with van der Waals surface area (Å²) in [6.45, 7) is -0.328. The number of amides is 1. The molecule has 1 fully saturated rings. The first-order chi connectivity index (χ1) is 6.22. The van der Waals surface area contributed by atoms with Crippen molar-refractivity contribution in [3.05, 3.63) is 0 Å². The molecule has 0 saturated heterocycles. The van der Waals surface area contributed by atoms with Gasteiger partial charge in [0.25, 0.3) is 0 Å². The van der Waals surface area contributed by atoms with Crippen LogP contribution in [0.15, 0.2) is 0 Å². The maximum Gasteiger partial charge on any atom is 0.407 e. The van der Waals surface area contributed by atoms with E-state index < -0.39 is 12.2 Å². The predicted octanol–water partition coefficient (Wildman–Crippen LogP) is -0.382. The summed E-state index contributed by atoms with van der Waals surface area (Å²) < 4.78 is 4.94. The Morgan fingerprint density at radius 3 is 2.77 bits per heavy atom. The van der Waals surface area contributed by atoms with Crippen molar-refractivity contribution in [2.24, 2.45) is 0 Å². The molecule has 1 aliphatic carbocycles. The van der Waals surface area contributed by atoms with Crippen LogP contribution in [0.2, 0.25) is 0 Å². The van der Waals surface area contributed by atoms with Gasteiger partial charge in [-0.1, -0.05) is 0 Å². The van der Waals surface area contributed by atoms with E-state index in [0.717, 1.165) is 19.3 Å². The highest BCUT2D eigenvalue weighted by atomic mass is 16.6. The van der Waals surface area contributed by atoms with E-state index in [1.807, 2.05) is 0 Å². The Kier molecular flexibility index (Phi) is 3.98. The molecule has 5 nitrogen and oxygen atoms in total. The van der Waals surface area contributed by atoms with Gasteiger partial charge in [0.1, 0.15) is 6.10 Å². The van der Waals surface area contributed by atoms with E-state index in [1.165, 1.54) is 0 Å². The lowest BCUT2D eigenvalue weighted by molar-refractivity contribution is 0.0455. The van der Waals surface area contributed by atoms with Crippen LogP contribution >= 0.6 is 0 Å². The zero-order valence-electron chi connectivity index (χ0n) is 7.40. The summed E-state index contributed by atoms with van der Waals surface area (Å²) in [4.78, 5) is 10.9. The van der Waals surface area contributed by atoms with E-state index in [9.17, 15) is 4.79 Å². The maximum absolute atomic E-state index is 10.9. The van der Waals surface area contributed by atoms with Crippen molar-refractivity contribution in [3.8, 4) is 0 Å². The van der Waals surface area contributed by atoms with Gasteiger partial charge in [0.05, 0.1) is 12.7 Å². The minimum absolute atomic E-state index is 0.0298. The largest absolute Gasteiger partial charge is 0.446 e. The normalized spacial score (nSPS) is 18.9. The van der Waals surface area contributed by atoms with Crippen LogP contribution < -0.4 is 5.32 Å². The second-order valence-electron chi connectivity index (χ2n) is 3.18. The van der Waals surface area contributed by atoms with Gasteiger partial charge in [-0.2, -0.15) is 0 Å². The zero-order chi connectivity index (χ0) is 9.68. The number of aliphatic hydroxyl groups excluding tert-OH is 2. The molecule has 0 aromatic rings.